The molecule has 1 saturated heterocycles. The molecular weight excluding hydrogens is 300 g/mol. The van der Waals surface area contributed by atoms with Gasteiger partial charge in [-0.3, -0.25) is 4.31 Å². The zero-order valence-corrected chi connectivity index (χ0v) is 12.8. The third kappa shape index (κ3) is 2.90. The molecule has 0 saturated carbocycles. The van der Waals surface area contributed by atoms with E-state index in [0.717, 1.165) is 4.31 Å². The van der Waals surface area contributed by atoms with Crippen molar-refractivity contribution in [3.8, 4) is 0 Å². The molecule has 0 atom stereocenters. The van der Waals surface area contributed by atoms with Crippen LogP contribution in [0.4, 0.5) is 11.4 Å². The summed E-state index contributed by atoms with van der Waals surface area (Å²) in [4.78, 5) is 0. The molecule has 0 unspecified atom stereocenters. The molecule has 1 fully saturated rings. The first-order valence-electron chi connectivity index (χ1n) is 6.27. The minimum Gasteiger partial charge on any atom is -0.397 e. The number of benzene rings is 1. The maximum atomic E-state index is 12.5. The van der Waals surface area contributed by atoms with Crippen molar-refractivity contribution in [2.75, 3.05) is 28.6 Å². The molecule has 1 aliphatic rings. The lowest BCUT2D eigenvalue weighted by molar-refractivity contribution is 0.551. The monoisotopic (exact) mass is 318 g/mol. The molecule has 0 radical (unpaired) electrons. The van der Waals surface area contributed by atoms with Crippen molar-refractivity contribution < 1.29 is 16.8 Å². The number of sulfonamides is 1. The van der Waals surface area contributed by atoms with Crippen LogP contribution in [-0.2, 0) is 19.9 Å². The first-order valence-corrected chi connectivity index (χ1v) is 9.59. The van der Waals surface area contributed by atoms with Crippen molar-refractivity contribution >= 4 is 31.2 Å². The summed E-state index contributed by atoms with van der Waals surface area (Å²) in [5.74, 6) is -0.149. The van der Waals surface area contributed by atoms with E-state index >= 15 is 0 Å². The SMILES string of the molecule is CN(c1ccccc1N)S(=O)(=O)C1CCS(=O)(=O)CC1. The number of nitrogen functional groups attached to an aromatic ring is 1. The number of hydrogen-bond acceptors (Lipinski definition) is 5. The Morgan fingerprint density at radius 1 is 1.20 bits per heavy atom. The molecule has 1 heterocycles. The van der Waals surface area contributed by atoms with Crippen LogP contribution in [0.1, 0.15) is 12.8 Å². The van der Waals surface area contributed by atoms with Crippen LogP contribution in [-0.4, -0.2) is 40.6 Å². The molecule has 0 bridgehead atoms. The van der Waals surface area contributed by atoms with Gasteiger partial charge in [0.25, 0.3) is 0 Å². The molecule has 2 N–H and O–H groups in total. The number of para-hydroxylation sites is 2. The van der Waals surface area contributed by atoms with Crippen LogP contribution in [0.15, 0.2) is 24.3 Å². The van der Waals surface area contributed by atoms with Gasteiger partial charge in [0.15, 0.2) is 0 Å². The van der Waals surface area contributed by atoms with E-state index in [-0.39, 0.29) is 24.3 Å². The fourth-order valence-corrected chi connectivity index (χ4v) is 5.81. The normalized spacial score (nSPS) is 19.6. The fourth-order valence-electron chi connectivity index (χ4n) is 2.30. The molecule has 1 aliphatic heterocycles. The van der Waals surface area contributed by atoms with Gasteiger partial charge in [-0.1, -0.05) is 12.1 Å². The van der Waals surface area contributed by atoms with Gasteiger partial charge < -0.3 is 5.73 Å². The van der Waals surface area contributed by atoms with Gasteiger partial charge >= 0.3 is 0 Å². The highest BCUT2D eigenvalue weighted by molar-refractivity contribution is 7.94. The maximum absolute atomic E-state index is 12.5. The first kappa shape index (κ1) is 15.1. The number of hydrogen-bond donors (Lipinski definition) is 1. The summed E-state index contributed by atoms with van der Waals surface area (Å²) in [6.07, 6.45) is 0.281. The zero-order chi connectivity index (χ0) is 15.0. The summed E-state index contributed by atoms with van der Waals surface area (Å²) in [5.41, 5.74) is 6.58. The Morgan fingerprint density at radius 3 is 2.30 bits per heavy atom. The second-order valence-corrected chi connectivity index (χ2v) is 9.47. The fraction of sp³-hybridized carbons (Fsp3) is 0.500. The summed E-state index contributed by atoms with van der Waals surface area (Å²) >= 11 is 0. The van der Waals surface area contributed by atoms with Gasteiger partial charge in [-0.2, -0.15) is 0 Å². The van der Waals surface area contributed by atoms with Crippen molar-refractivity contribution in [3.63, 3.8) is 0 Å². The molecule has 20 heavy (non-hydrogen) atoms. The summed E-state index contributed by atoms with van der Waals surface area (Å²) < 4.78 is 49.0. The Kier molecular flexibility index (Phi) is 3.97. The van der Waals surface area contributed by atoms with E-state index in [2.05, 4.69) is 0 Å². The lowest BCUT2D eigenvalue weighted by atomic mass is 10.2. The van der Waals surface area contributed by atoms with Gasteiger partial charge in [0.1, 0.15) is 9.84 Å². The van der Waals surface area contributed by atoms with Crippen molar-refractivity contribution in [2.24, 2.45) is 0 Å². The predicted octanol–water partition coefficient (Wildman–Crippen LogP) is 0.612. The lowest BCUT2D eigenvalue weighted by Gasteiger charge is -2.28. The first-order chi connectivity index (χ1) is 9.24. The van der Waals surface area contributed by atoms with Gasteiger partial charge in [-0.15, -0.1) is 0 Å². The summed E-state index contributed by atoms with van der Waals surface area (Å²) in [5, 5.41) is -0.671. The van der Waals surface area contributed by atoms with Crippen molar-refractivity contribution in [3.05, 3.63) is 24.3 Å². The largest absolute Gasteiger partial charge is 0.397 e. The predicted molar refractivity (Wildman–Crippen MR) is 79.9 cm³/mol. The Morgan fingerprint density at radius 2 is 1.75 bits per heavy atom. The van der Waals surface area contributed by atoms with Crippen LogP contribution in [0.3, 0.4) is 0 Å². The standard InChI is InChI=1S/C12H18N2O4S2/c1-14(12-5-3-2-4-11(12)13)20(17,18)10-6-8-19(15,16)9-7-10/h2-5,10H,6-9,13H2,1H3. The van der Waals surface area contributed by atoms with E-state index in [4.69, 9.17) is 5.73 Å². The van der Waals surface area contributed by atoms with E-state index in [9.17, 15) is 16.8 Å². The molecule has 1 aromatic rings. The molecule has 1 aromatic carbocycles. The van der Waals surface area contributed by atoms with Crippen LogP contribution in [0.25, 0.3) is 0 Å². The van der Waals surface area contributed by atoms with Crippen LogP contribution in [0, 0.1) is 0 Å². The van der Waals surface area contributed by atoms with Crippen molar-refractivity contribution in [1.29, 1.82) is 0 Å². The zero-order valence-electron chi connectivity index (χ0n) is 11.2. The van der Waals surface area contributed by atoms with Gasteiger partial charge in [0, 0.05) is 7.05 Å². The second-order valence-electron chi connectivity index (χ2n) is 4.92. The minimum atomic E-state index is -3.60. The summed E-state index contributed by atoms with van der Waals surface area (Å²) in [7, 11) is -5.23. The smallest absolute Gasteiger partial charge is 0.237 e. The molecular formula is C12H18N2O4S2. The van der Waals surface area contributed by atoms with E-state index < -0.39 is 25.1 Å². The van der Waals surface area contributed by atoms with Crippen LogP contribution in [0.2, 0.25) is 0 Å². The number of rotatable bonds is 3. The molecule has 0 aromatic heterocycles. The number of sulfone groups is 1. The molecule has 0 spiro atoms. The van der Waals surface area contributed by atoms with Crippen molar-refractivity contribution in [1.82, 2.24) is 0 Å². The van der Waals surface area contributed by atoms with Crippen LogP contribution >= 0.6 is 0 Å². The van der Waals surface area contributed by atoms with E-state index in [0.29, 0.717) is 11.4 Å². The average Bonchev–Trinajstić information content (AvgIpc) is 2.38. The Balaban J connectivity index is 2.25. The molecule has 6 nitrogen and oxygen atoms in total. The van der Waals surface area contributed by atoms with Crippen LogP contribution in [0.5, 0.6) is 0 Å². The highest BCUT2D eigenvalue weighted by Crippen LogP contribution is 2.28. The Hall–Kier alpha value is -1.28. The Bertz CT molecular complexity index is 684. The van der Waals surface area contributed by atoms with Crippen LogP contribution < -0.4 is 10.0 Å². The molecule has 0 aliphatic carbocycles. The molecule has 112 valence electrons. The minimum absolute atomic E-state index is 0.0744. The van der Waals surface area contributed by atoms with Gasteiger partial charge in [-0.25, -0.2) is 16.8 Å². The van der Waals surface area contributed by atoms with Crippen molar-refractivity contribution in [2.45, 2.75) is 18.1 Å². The number of anilines is 2. The van der Waals surface area contributed by atoms with Gasteiger partial charge in [0.2, 0.25) is 10.0 Å². The second kappa shape index (κ2) is 5.25. The van der Waals surface area contributed by atoms with E-state index in [1.54, 1.807) is 24.3 Å². The third-order valence-corrected chi connectivity index (χ3v) is 7.57. The highest BCUT2D eigenvalue weighted by atomic mass is 32.2. The van der Waals surface area contributed by atoms with Gasteiger partial charge in [-0.05, 0) is 25.0 Å². The summed E-state index contributed by atoms with van der Waals surface area (Å²) in [6, 6.07) is 6.70. The lowest BCUT2D eigenvalue weighted by Crippen LogP contribution is -2.41. The third-order valence-electron chi connectivity index (χ3n) is 3.58. The molecule has 0 amide bonds. The van der Waals surface area contributed by atoms with E-state index in [1.807, 2.05) is 0 Å². The Labute approximate surface area is 119 Å². The summed E-state index contributed by atoms with van der Waals surface area (Å²) in [6.45, 7) is 0. The average molecular weight is 318 g/mol. The molecule has 2 rings (SSSR count). The maximum Gasteiger partial charge on any atom is 0.237 e. The van der Waals surface area contributed by atoms with E-state index in [1.165, 1.54) is 7.05 Å². The highest BCUT2D eigenvalue weighted by Gasteiger charge is 2.35. The molecule has 8 heteroatoms. The quantitative estimate of drug-likeness (QED) is 0.824. The topological polar surface area (TPSA) is 97.5 Å². The number of nitrogens with zero attached hydrogens (tertiary/aromatic N) is 1. The van der Waals surface area contributed by atoms with Gasteiger partial charge in [0.05, 0.1) is 28.1 Å². The number of nitrogens with two attached hydrogens (primary N) is 1.